The van der Waals surface area contributed by atoms with E-state index in [1.807, 2.05) is 36.6 Å². The van der Waals surface area contributed by atoms with Crippen molar-refractivity contribution in [3.63, 3.8) is 0 Å². The van der Waals surface area contributed by atoms with Crippen LogP contribution in [0.25, 0.3) is 5.82 Å². The average Bonchev–Trinajstić information content (AvgIpc) is 2.60. The number of hydrogen-bond acceptors (Lipinski definition) is 2. The zero-order valence-corrected chi connectivity index (χ0v) is 9.49. The predicted octanol–water partition coefficient (Wildman–Crippen LogP) is 2.62. The van der Waals surface area contributed by atoms with Crippen LogP contribution in [0.1, 0.15) is 17.1 Å². The lowest BCUT2D eigenvalue weighted by molar-refractivity contribution is 0.935. The zero-order valence-electron chi connectivity index (χ0n) is 8.74. The van der Waals surface area contributed by atoms with Gasteiger partial charge in [-0.05, 0) is 26.0 Å². The molecular weight excluding hydrogens is 210 g/mol. The van der Waals surface area contributed by atoms with E-state index in [1.54, 1.807) is 6.33 Å². The SMILES string of the molecule is Cc1ncn(-c2cccc(CCl)n2)c1C. The van der Waals surface area contributed by atoms with E-state index in [0.29, 0.717) is 5.88 Å². The molecule has 2 rings (SSSR count). The van der Waals surface area contributed by atoms with Crippen LogP contribution in [0.3, 0.4) is 0 Å². The number of hydrogen-bond donors (Lipinski definition) is 0. The van der Waals surface area contributed by atoms with Crippen LogP contribution in [0.4, 0.5) is 0 Å². The monoisotopic (exact) mass is 221 g/mol. The lowest BCUT2D eigenvalue weighted by Gasteiger charge is -2.05. The van der Waals surface area contributed by atoms with E-state index in [0.717, 1.165) is 22.9 Å². The summed E-state index contributed by atoms with van der Waals surface area (Å²) in [6.07, 6.45) is 1.78. The number of pyridine rings is 1. The molecule has 0 bridgehead atoms. The smallest absolute Gasteiger partial charge is 0.138 e. The second kappa shape index (κ2) is 4.03. The van der Waals surface area contributed by atoms with E-state index in [2.05, 4.69) is 9.97 Å². The van der Waals surface area contributed by atoms with Gasteiger partial charge in [0.2, 0.25) is 0 Å². The van der Waals surface area contributed by atoms with Gasteiger partial charge in [0, 0.05) is 5.69 Å². The fourth-order valence-electron chi connectivity index (χ4n) is 1.41. The van der Waals surface area contributed by atoms with E-state index in [4.69, 9.17) is 11.6 Å². The Morgan fingerprint density at radius 1 is 1.33 bits per heavy atom. The Morgan fingerprint density at radius 3 is 2.73 bits per heavy atom. The third-order valence-electron chi connectivity index (χ3n) is 2.43. The molecule has 0 aromatic carbocycles. The summed E-state index contributed by atoms with van der Waals surface area (Å²) in [6.45, 7) is 4.01. The van der Waals surface area contributed by atoms with Crippen LogP contribution in [-0.4, -0.2) is 14.5 Å². The van der Waals surface area contributed by atoms with Crippen molar-refractivity contribution >= 4 is 11.6 Å². The molecule has 2 aromatic heterocycles. The first-order valence-electron chi connectivity index (χ1n) is 4.75. The van der Waals surface area contributed by atoms with Crippen molar-refractivity contribution < 1.29 is 0 Å². The topological polar surface area (TPSA) is 30.7 Å². The van der Waals surface area contributed by atoms with Gasteiger partial charge in [0.05, 0.1) is 17.3 Å². The van der Waals surface area contributed by atoms with E-state index in [9.17, 15) is 0 Å². The van der Waals surface area contributed by atoms with Crippen LogP contribution in [0.5, 0.6) is 0 Å². The molecule has 2 aromatic rings. The highest BCUT2D eigenvalue weighted by Gasteiger charge is 2.05. The lowest BCUT2D eigenvalue weighted by Crippen LogP contribution is -2.00. The highest BCUT2D eigenvalue weighted by Crippen LogP contribution is 2.12. The average molecular weight is 222 g/mol. The quantitative estimate of drug-likeness (QED) is 0.730. The van der Waals surface area contributed by atoms with Crippen molar-refractivity contribution in [1.29, 1.82) is 0 Å². The number of alkyl halides is 1. The molecule has 3 nitrogen and oxygen atoms in total. The maximum atomic E-state index is 5.74. The molecular formula is C11H12ClN3. The molecule has 15 heavy (non-hydrogen) atoms. The first-order valence-corrected chi connectivity index (χ1v) is 5.28. The van der Waals surface area contributed by atoms with Gasteiger partial charge in [-0.2, -0.15) is 0 Å². The fourth-order valence-corrected chi connectivity index (χ4v) is 1.55. The first kappa shape index (κ1) is 10.2. The van der Waals surface area contributed by atoms with Crippen molar-refractivity contribution in [3.8, 4) is 5.82 Å². The predicted molar refractivity (Wildman–Crippen MR) is 60.4 cm³/mol. The summed E-state index contributed by atoms with van der Waals surface area (Å²) in [4.78, 5) is 8.66. The molecule has 0 spiro atoms. The Labute approximate surface area is 93.7 Å². The minimum absolute atomic E-state index is 0.431. The lowest BCUT2D eigenvalue weighted by atomic mass is 10.3. The maximum absolute atomic E-state index is 5.74. The normalized spacial score (nSPS) is 10.6. The summed E-state index contributed by atoms with van der Waals surface area (Å²) in [6, 6.07) is 5.81. The molecule has 0 amide bonds. The van der Waals surface area contributed by atoms with Crippen LogP contribution < -0.4 is 0 Å². The Balaban J connectivity index is 2.49. The summed E-state index contributed by atoms with van der Waals surface area (Å²) in [7, 11) is 0. The van der Waals surface area contributed by atoms with Gasteiger partial charge in [0.25, 0.3) is 0 Å². The number of rotatable bonds is 2. The molecule has 78 valence electrons. The van der Waals surface area contributed by atoms with E-state index < -0.39 is 0 Å². The number of imidazole rings is 1. The Hall–Kier alpha value is -1.35. The molecule has 0 atom stereocenters. The Kier molecular flexibility index (Phi) is 2.73. The first-order chi connectivity index (χ1) is 7.22. The minimum Gasteiger partial charge on any atom is -0.287 e. The molecule has 0 aliphatic rings. The second-order valence-corrected chi connectivity index (χ2v) is 3.67. The Bertz CT molecular complexity index is 476. The largest absolute Gasteiger partial charge is 0.287 e. The van der Waals surface area contributed by atoms with Gasteiger partial charge in [0.15, 0.2) is 0 Å². The van der Waals surface area contributed by atoms with Crippen LogP contribution in [0, 0.1) is 13.8 Å². The van der Waals surface area contributed by atoms with Gasteiger partial charge in [-0.25, -0.2) is 9.97 Å². The van der Waals surface area contributed by atoms with Gasteiger partial charge >= 0.3 is 0 Å². The fraction of sp³-hybridized carbons (Fsp3) is 0.273. The van der Waals surface area contributed by atoms with Crippen LogP contribution >= 0.6 is 11.6 Å². The van der Waals surface area contributed by atoms with Gasteiger partial charge in [-0.3, -0.25) is 4.57 Å². The van der Waals surface area contributed by atoms with Gasteiger partial charge in [-0.15, -0.1) is 11.6 Å². The summed E-state index contributed by atoms with van der Waals surface area (Å²) in [5.74, 6) is 1.30. The molecule has 0 saturated heterocycles. The van der Waals surface area contributed by atoms with Crippen molar-refractivity contribution in [2.24, 2.45) is 0 Å². The van der Waals surface area contributed by atoms with Crippen LogP contribution in [-0.2, 0) is 5.88 Å². The number of aromatic nitrogens is 3. The van der Waals surface area contributed by atoms with Crippen LogP contribution in [0.15, 0.2) is 24.5 Å². The highest BCUT2D eigenvalue weighted by atomic mass is 35.5. The molecule has 0 unspecified atom stereocenters. The third-order valence-corrected chi connectivity index (χ3v) is 2.70. The minimum atomic E-state index is 0.431. The highest BCUT2D eigenvalue weighted by molar-refractivity contribution is 6.16. The summed E-state index contributed by atoms with van der Waals surface area (Å²) in [5, 5.41) is 0. The van der Waals surface area contributed by atoms with Crippen molar-refractivity contribution in [2.45, 2.75) is 19.7 Å². The van der Waals surface area contributed by atoms with Gasteiger partial charge in [0.1, 0.15) is 12.1 Å². The zero-order chi connectivity index (χ0) is 10.8. The molecule has 0 N–H and O–H groups in total. The number of aryl methyl sites for hydroxylation is 1. The molecule has 0 fully saturated rings. The van der Waals surface area contributed by atoms with E-state index in [-0.39, 0.29) is 0 Å². The molecule has 0 aliphatic heterocycles. The summed E-state index contributed by atoms with van der Waals surface area (Å²) in [5.41, 5.74) is 3.00. The third kappa shape index (κ3) is 1.88. The maximum Gasteiger partial charge on any atom is 0.138 e. The standard InChI is InChI=1S/C11H12ClN3/c1-8-9(2)15(7-13-8)11-5-3-4-10(6-12)14-11/h3-5,7H,6H2,1-2H3. The van der Waals surface area contributed by atoms with Crippen molar-refractivity contribution in [3.05, 3.63) is 41.6 Å². The van der Waals surface area contributed by atoms with Crippen molar-refractivity contribution in [2.75, 3.05) is 0 Å². The molecule has 2 heterocycles. The molecule has 0 aliphatic carbocycles. The van der Waals surface area contributed by atoms with Gasteiger partial charge < -0.3 is 0 Å². The van der Waals surface area contributed by atoms with Crippen LogP contribution in [0.2, 0.25) is 0 Å². The van der Waals surface area contributed by atoms with E-state index in [1.165, 1.54) is 0 Å². The Morgan fingerprint density at radius 2 is 2.13 bits per heavy atom. The molecule has 0 radical (unpaired) electrons. The molecule has 0 saturated carbocycles. The number of nitrogens with zero attached hydrogens (tertiary/aromatic N) is 3. The summed E-state index contributed by atoms with van der Waals surface area (Å²) < 4.78 is 1.96. The van der Waals surface area contributed by atoms with Gasteiger partial charge in [-0.1, -0.05) is 6.07 Å². The van der Waals surface area contributed by atoms with E-state index >= 15 is 0 Å². The van der Waals surface area contributed by atoms with Crippen molar-refractivity contribution in [1.82, 2.24) is 14.5 Å². The summed E-state index contributed by atoms with van der Waals surface area (Å²) >= 11 is 5.74. The second-order valence-electron chi connectivity index (χ2n) is 3.41. The molecule has 4 heteroatoms. The number of halogens is 1.